The van der Waals surface area contributed by atoms with E-state index in [1.165, 1.54) is 4.90 Å². The summed E-state index contributed by atoms with van der Waals surface area (Å²) in [5.74, 6) is -1.56. The van der Waals surface area contributed by atoms with E-state index in [0.29, 0.717) is 13.0 Å². The summed E-state index contributed by atoms with van der Waals surface area (Å²) in [5.41, 5.74) is 0.887. The van der Waals surface area contributed by atoms with Crippen LogP contribution in [0.2, 0.25) is 0 Å². The molecule has 0 N–H and O–H groups in total. The lowest BCUT2D eigenvalue weighted by molar-refractivity contribution is -0.142. The number of carbonyl (C=O) groups is 3. The molecule has 0 radical (unpaired) electrons. The Morgan fingerprint density at radius 2 is 1.81 bits per heavy atom. The van der Waals surface area contributed by atoms with Crippen molar-refractivity contribution >= 4 is 27.9 Å². The Morgan fingerprint density at radius 1 is 1.16 bits per heavy atom. The molecule has 9 nitrogen and oxygen atoms in total. The summed E-state index contributed by atoms with van der Waals surface area (Å²) >= 11 is 0. The molecule has 3 aliphatic rings. The third kappa shape index (κ3) is 3.96. The molecule has 4 rings (SSSR count). The molecular weight excluding hydrogens is 434 g/mol. The number of carbonyl (C=O) groups excluding carboxylic acids is 3. The highest BCUT2D eigenvalue weighted by atomic mass is 32.2. The Hall–Kier alpha value is -2.62. The summed E-state index contributed by atoms with van der Waals surface area (Å²) in [5, 5.41) is 0. The van der Waals surface area contributed by atoms with Crippen molar-refractivity contribution in [3.05, 3.63) is 35.9 Å². The van der Waals surface area contributed by atoms with Crippen LogP contribution < -0.4 is 0 Å². The predicted octanol–water partition coefficient (Wildman–Crippen LogP) is 1.30. The summed E-state index contributed by atoms with van der Waals surface area (Å²) in [7, 11) is -3.71. The van der Waals surface area contributed by atoms with Crippen LogP contribution in [0.25, 0.3) is 0 Å². The van der Waals surface area contributed by atoms with Gasteiger partial charge in [0.1, 0.15) is 6.61 Å². The van der Waals surface area contributed by atoms with Crippen molar-refractivity contribution in [1.82, 2.24) is 14.1 Å². The van der Waals surface area contributed by atoms with E-state index in [1.54, 1.807) is 4.90 Å². The van der Waals surface area contributed by atoms with Gasteiger partial charge in [-0.1, -0.05) is 44.2 Å². The van der Waals surface area contributed by atoms with Crippen LogP contribution in [-0.4, -0.2) is 78.4 Å². The van der Waals surface area contributed by atoms with E-state index in [2.05, 4.69) is 0 Å². The molecule has 3 heterocycles. The van der Waals surface area contributed by atoms with Gasteiger partial charge in [-0.15, -0.1) is 0 Å². The first-order valence-electron chi connectivity index (χ1n) is 10.9. The third-order valence-electron chi connectivity index (χ3n) is 6.64. The van der Waals surface area contributed by atoms with Gasteiger partial charge >= 0.3 is 6.09 Å². The SMILES string of the molecule is CC(C)[C@H]1C(=O)N(S(C)(=O)=O)[C@H]2CCN(C(=O)C3CN(C(=O)OCc4ccccc4)C3)[C@H]12. The van der Waals surface area contributed by atoms with E-state index in [1.807, 2.05) is 44.2 Å². The van der Waals surface area contributed by atoms with Crippen molar-refractivity contribution in [3.63, 3.8) is 0 Å². The first-order valence-corrected chi connectivity index (χ1v) is 12.7. The first-order chi connectivity index (χ1) is 15.1. The Morgan fingerprint density at radius 3 is 2.41 bits per heavy atom. The molecule has 3 saturated heterocycles. The van der Waals surface area contributed by atoms with Crippen LogP contribution in [0.15, 0.2) is 30.3 Å². The average molecular weight is 464 g/mol. The molecule has 0 spiro atoms. The second-order valence-electron chi connectivity index (χ2n) is 9.19. The van der Waals surface area contributed by atoms with Gasteiger partial charge in [0.25, 0.3) is 0 Å². The van der Waals surface area contributed by atoms with Gasteiger partial charge in [0.2, 0.25) is 21.8 Å². The quantitative estimate of drug-likeness (QED) is 0.652. The van der Waals surface area contributed by atoms with Crippen molar-refractivity contribution < 1.29 is 27.5 Å². The summed E-state index contributed by atoms with van der Waals surface area (Å²) in [6.07, 6.45) is 1.02. The molecule has 0 bridgehead atoms. The third-order valence-corrected chi connectivity index (χ3v) is 7.81. The highest BCUT2D eigenvalue weighted by molar-refractivity contribution is 7.88. The number of ether oxygens (including phenoxy) is 1. The fourth-order valence-corrected chi connectivity index (χ4v) is 6.29. The molecule has 3 amide bonds. The van der Waals surface area contributed by atoms with E-state index >= 15 is 0 Å². The number of hydrogen-bond acceptors (Lipinski definition) is 6. The Labute approximate surface area is 188 Å². The lowest BCUT2D eigenvalue weighted by atomic mass is 9.87. The number of hydrogen-bond donors (Lipinski definition) is 0. The molecule has 0 aliphatic carbocycles. The molecule has 0 saturated carbocycles. The molecule has 3 fully saturated rings. The topological polar surface area (TPSA) is 104 Å². The number of benzene rings is 1. The van der Waals surface area contributed by atoms with Crippen LogP contribution in [-0.2, 0) is 31.0 Å². The Bertz CT molecular complexity index is 1010. The standard InChI is InChI=1S/C22H29N3O6S/c1-14(2)18-19-17(25(21(18)27)32(3,29)30)9-10-24(19)20(26)16-11-23(12-16)22(28)31-13-15-7-5-4-6-8-15/h4-8,14,16-19H,9-13H2,1-3H3/t17-,18+,19-/m0/s1. The average Bonchev–Trinajstić information content (AvgIpc) is 3.21. The van der Waals surface area contributed by atoms with Crippen LogP contribution in [0.3, 0.4) is 0 Å². The first kappa shape index (κ1) is 22.6. The zero-order chi connectivity index (χ0) is 23.2. The summed E-state index contributed by atoms with van der Waals surface area (Å²) in [4.78, 5) is 41.5. The Balaban J connectivity index is 1.38. The lowest BCUT2D eigenvalue weighted by Crippen LogP contribution is -2.58. The van der Waals surface area contributed by atoms with Gasteiger partial charge in [-0.25, -0.2) is 17.5 Å². The zero-order valence-corrected chi connectivity index (χ0v) is 19.3. The minimum atomic E-state index is -3.71. The van der Waals surface area contributed by atoms with Gasteiger partial charge in [0.15, 0.2) is 0 Å². The summed E-state index contributed by atoms with van der Waals surface area (Å²) in [6.45, 7) is 4.85. The number of nitrogens with zero attached hydrogens (tertiary/aromatic N) is 3. The van der Waals surface area contributed by atoms with Crippen LogP contribution in [0.4, 0.5) is 4.79 Å². The molecule has 3 aliphatic heterocycles. The van der Waals surface area contributed by atoms with Crippen LogP contribution in [0.1, 0.15) is 25.8 Å². The van der Waals surface area contributed by atoms with E-state index < -0.39 is 40.0 Å². The van der Waals surface area contributed by atoms with Gasteiger partial charge in [-0.3, -0.25) is 9.59 Å². The molecule has 174 valence electrons. The van der Waals surface area contributed by atoms with Gasteiger partial charge in [0, 0.05) is 19.6 Å². The maximum absolute atomic E-state index is 13.2. The minimum absolute atomic E-state index is 0.0963. The van der Waals surface area contributed by atoms with Gasteiger partial charge in [-0.2, -0.15) is 0 Å². The van der Waals surface area contributed by atoms with Crippen LogP contribution >= 0.6 is 0 Å². The zero-order valence-electron chi connectivity index (χ0n) is 18.5. The van der Waals surface area contributed by atoms with Crippen molar-refractivity contribution in [1.29, 1.82) is 0 Å². The van der Waals surface area contributed by atoms with E-state index in [4.69, 9.17) is 4.74 Å². The maximum atomic E-state index is 13.2. The molecule has 32 heavy (non-hydrogen) atoms. The molecule has 0 unspecified atom stereocenters. The number of fused-ring (bicyclic) bond motifs is 1. The normalized spacial score (nSPS) is 25.8. The second-order valence-corrected chi connectivity index (χ2v) is 11.0. The number of amides is 3. The number of rotatable bonds is 5. The molecule has 1 aromatic rings. The monoisotopic (exact) mass is 463 g/mol. The molecule has 1 aromatic carbocycles. The highest BCUT2D eigenvalue weighted by Crippen LogP contribution is 2.42. The van der Waals surface area contributed by atoms with E-state index in [9.17, 15) is 22.8 Å². The molecule has 3 atom stereocenters. The molecule has 0 aromatic heterocycles. The fraction of sp³-hybridized carbons (Fsp3) is 0.591. The van der Waals surface area contributed by atoms with Crippen molar-refractivity contribution in [2.45, 2.75) is 39.0 Å². The lowest BCUT2D eigenvalue weighted by Gasteiger charge is -2.40. The fourth-order valence-electron chi connectivity index (χ4n) is 5.12. The summed E-state index contributed by atoms with van der Waals surface area (Å²) in [6, 6.07) is 8.39. The Kier molecular flexibility index (Phi) is 5.91. The molecule has 10 heteroatoms. The van der Waals surface area contributed by atoms with Crippen molar-refractivity contribution in [2.24, 2.45) is 17.8 Å². The van der Waals surface area contributed by atoms with E-state index in [-0.39, 0.29) is 37.4 Å². The predicted molar refractivity (Wildman–Crippen MR) is 116 cm³/mol. The minimum Gasteiger partial charge on any atom is -0.445 e. The maximum Gasteiger partial charge on any atom is 0.410 e. The van der Waals surface area contributed by atoms with Crippen LogP contribution in [0, 0.1) is 17.8 Å². The van der Waals surface area contributed by atoms with Crippen molar-refractivity contribution in [2.75, 3.05) is 25.9 Å². The van der Waals surface area contributed by atoms with E-state index in [0.717, 1.165) is 16.1 Å². The van der Waals surface area contributed by atoms with Gasteiger partial charge in [0.05, 0.1) is 30.2 Å². The van der Waals surface area contributed by atoms with Gasteiger partial charge in [-0.05, 0) is 17.9 Å². The smallest absolute Gasteiger partial charge is 0.410 e. The number of sulfonamides is 1. The largest absolute Gasteiger partial charge is 0.445 e. The molecular formula is C22H29N3O6S. The summed E-state index contributed by atoms with van der Waals surface area (Å²) < 4.78 is 30.8. The number of likely N-dealkylation sites (tertiary alicyclic amines) is 2. The van der Waals surface area contributed by atoms with Gasteiger partial charge < -0.3 is 14.5 Å². The highest BCUT2D eigenvalue weighted by Gasteiger charge is 2.59. The van der Waals surface area contributed by atoms with Crippen LogP contribution in [0.5, 0.6) is 0 Å². The second kappa shape index (κ2) is 8.38. The van der Waals surface area contributed by atoms with Crippen molar-refractivity contribution in [3.8, 4) is 0 Å².